The summed E-state index contributed by atoms with van der Waals surface area (Å²) < 4.78 is 8.84. The molecule has 0 radical (unpaired) electrons. The van der Waals surface area contributed by atoms with E-state index in [1.54, 1.807) is 0 Å². The third-order valence-corrected chi connectivity index (χ3v) is 12.7. The van der Waals surface area contributed by atoms with E-state index in [2.05, 4.69) is 107 Å². The molecule has 350 valence electrons. The average Bonchev–Trinajstić information content (AvgIpc) is 4.12. The molecule has 2 amide bonds. The number of likely N-dealkylation sites (tertiary alicyclic amines) is 2. The number of benzene rings is 4. The van der Waals surface area contributed by atoms with Gasteiger partial charge in [-0.25, -0.2) is 9.97 Å². The number of fused-ring (bicyclic) bond motifs is 4. The van der Waals surface area contributed by atoms with E-state index in [1.165, 1.54) is 28.2 Å². The number of carbonyl (C=O) groups excluding carboxylic acids is 2. The average molecular weight is 892 g/mol. The monoisotopic (exact) mass is 892 g/mol. The van der Waals surface area contributed by atoms with Crippen molar-refractivity contribution in [2.75, 3.05) is 26.2 Å². The molecule has 0 spiro atoms. The van der Waals surface area contributed by atoms with Crippen LogP contribution in [0.25, 0.3) is 66.9 Å². The summed E-state index contributed by atoms with van der Waals surface area (Å²) in [6.07, 6.45) is 4.24. The van der Waals surface area contributed by atoms with Gasteiger partial charge >= 0.3 is 0 Å². The maximum absolute atomic E-state index is 13.1. The van der Waals surface area contributed by atoms with E-state index < -0.39 is 0 Å². The molecule has 2 fully saturated rings. The fraction of sp³-hybridized carbons (Fsp3) is 0.418. The van der Waals surface area contributed by atoms with Gasteiger partial charge in [0.1, 0.15) is 0 Å². The van der Waals surface area contributed by atoms with Crippen molar-refractivity contribution in [3.05, 3.63) is 108 Å². The Labute approximate surface area is 392 Å². The molecule has 11 nitrogen and oxygen atoms in total. The molecule has 6 heterocycles. The Morgan fingerprint density at radius 1 is 0.576 bits per heavy atom. The van der Waals surface area contributed by atoms with Crippen LogP contribution in [0.4, 0.5) is 0 Å². The summed E-state index contributed by atoms with van der Waals surface area (Å²) >= 11 is 0. The van der Waals surface area contributed by atoms with Gasteiger partial charge in [0.15, 0.2) is 11.6 Å². The number of nitrogens with two attached hydrogens (primary N) is 1. The second-order valence-electron chi connectivity index (χ2n) is 16.7. The minimum Gasteiger partial charge on any atom is -0.338 e. The summed E-state index contributed by atoms with van der Waals surface area (Å²) in [6, 6.07) is 33.1. The second-order valence-corrected chi connectivity index (χ2v) is 16.7. The summed E-state index contributed by atoms with van der Waals surface area (Å²) in [4.78, 5) is 39.8. The van der Waals surface area contributed by atoms with Crippen molar-refractivity contribution >= 4 is 55.7 Å². The van der Waals surface area contributed by atoms with Crippen LogP contribution in [-0.2, 0) is 27.2 Å². The SMILES string of the molecule is CC.CC.CC.CCn1c(-c2nc3cc(C(=O)N4CCCC(C)C4)ccc3n2C)cc2ccccc21.CCn1c(-c2nc3cc(C(=O)N4CCCC(N)C4)ccc3n2C)cc2ccccc21. The summed E-state index contributed by atoms with van der Waals surface area (Å²) in [5, 5.41) is 2.43. The highest BCUT2D eigenvalue weighted by atomic mass is 16.2. The predicted octanol–water partition coefficient (Wildman–Crippen LogP) is 11.9. The minimum absolute atomic E-state index is 0.0434. The highest BCUT2D eigenvalue weighted by molar-refractivity contribution is 5.99. The molecule has 8 aromatic rings. The standard InChI is InChI=1S/C25H28N4O.C24H27N5O.3C2H6/c1-4-29-21-10-6-5-9-18(21)15-23(29)24-26-20-14-19(11-12-22(20)27(24)3)25(30)28-13-7-8-17(2)16-28;1-3-29-20-9-5-4-7-16(20)14-22(29)23-26-19-13-17(10-11-21(19)27(23)2)24(30)28-12-6-8-18(25)15-28;3*1-2/h5-6,9-12,14-15,17H,4,7-8,13,16H2,1-3H3;4-5,7,9-11,13-14,18H,3,6,8,12,15,25H2,1-2H3;3*1-2H3. The molecule has 0 saturated carbocycles. The smallest absolute Gasteiger partial charge is 0.253 e. The fourth-order valence-electron chi connectivity index (χ4n) is 9.53. The van der Waals surface area contributed by atoms with Gasteiger partial charge in [0.2, 0.25) is 0 Å². The van der Waals surface area contributed by atoms with Crippen molar-refractivity contribution in [1.82, 2.24) is 38.0 Å². The van der Waals surface area contributed by atoms with E-state index in [9.17, 15) is 9.59 Å². The van der Waals surface area contributed by atoms with Crippen LogP contribution in [0.5, 0.6) is 0 Å². The topological polar surface area (TPSA) is 112 Å². The number of amides is 2. The highest BCUT2D eigenvalue weighted by Crippen LogP contribution is 2.32. The Balaban J connectivity index is 0.000000196. The number of aryl methyl sites for hydroxylation is 4. The Bertz CT molecular complexity index is 2700. The number of aromatic nitrogens is 6. The van der Waals surface area contributed by atoms with Crippen LogP contribution in [0.2, 0.25) is 0 Å². The summed E-state index contributed by atoms with van der Waals surface area (Å²) in [5.74, 6) is 2.58. The first-order valence-corrected chi connectivity index (χ1v) is 24.6. The molecule has 66 heavy (non-hydrogen) atoms. The third-order valence-electron chi connectivity index (χ3n) is 12.7. The lowest BCUT2D eigenvalue weighted by molar-refractivity contribution is 0.0681. The molecule has 2 aliphatic heterocycles. The predicted molar refractivity (Wildman–Crippen MR) is 276 cm³/mol. The van der Waals surface area contributed by atoms with Gasteiger partial charge in [0.25, 0.3) is 11.8 Å². The van der Waals surface area contributed by atoms with E-state index in [1.807, 2.05) is 94.8 Å². The molecule has 0 bridgehead atoms. The molecule has 2 N–H and O–H groups in total. The van der Waals surface area contributed by atoms with Crippen LogP contribution in [0.3, 0.4) is 0 Å². The molecular formula is C55H73N9O2. The van der Waals surface area contributed by atoms with Crippen molar-refractivity contribution in [2.45, 2.75) is 107 Å². The number of para-hydroxylation sites is 2. The number of rotatable bonds is 6. The van der Waals surface area contributed by atoms with Crippen LogP contribution in [0, 0.1) is 5.92 Å². The number of hydrogen-bond acceptors (Lipinski definition) is 5. The van der Waals surface area contributed by atoms with E-state index in [-0.39, 0.29) is 17.9 Å². The zero-order valence-corrected chi connectivity index (χ0v) is 41.4. The van der Waals surface area contributed by atoms with E-state index in [0.29, 0.717) is 18.0 Å². The van der Waals surface area contributed by atoms with Crippen LogP contribution in [-0.4, -0.2) is 82.1 Å². The van der Waals surface area contributed by atoms with Crippen LogP contribution in [0.15, 0.2) is 97.1 Å². The maximum Gasteiger partial charge on any atom is 0.253 e. The molecule has 2 atom stereocenters. The number of carbonyl (C=O) groups is 2. The van der Waals surface area contributed by atoms with Crippen molar-refractivity contribution < 1.29 is 9.59 Å². The van der Waals surface area contributed by atoms with E-state index in [4.69, 9.17) is 15.7 Å². The molecule has 2 unspecified atom stereocenters. The van der Waals surface area contributed by atoms with Crippen LogP contribution < -0.4 is 5.73 Å². The maximum atomic E-state index is 13.1. The van der Waals surface area contributed by atoms with Crippen LogP contribution in [0.1, 0.15) is 109 Å². The molecule has 2 aliphatic rings. The molecule has 2 saturated heterocycles. The van der Waals surface area contributed by atoms with E-state index >= 15 is 0 Å². The number of piperidine rings is 2. The zero-order valence-electron chi connectivity index (χ0n) is 41.4. The Hall–Kier alpha value is -6.20. The Kier molecular flexibility index (Phi) is 16.7. The van der Waals surface area contributed by atoms with Gasteiger partial charge in [-0.3, -0.25) is 9.59 Å². The first-order chi connectivity index (χ1) is 32.1. The minimum atomic E-state index is 0.0434. The van der Waals surface area contributed by atoms with Gasteiger partial charge in [-0.2, -0.15) is 0 Å². The van der Waals surface area contributed by atoms with Gasteiger partial charge in [-0.1, -0.05) is 84.9 Å². The van der Waals surface area contributed by atoms with Gasteiger partial charge < -0.3 is 33.8 Å². The quantitative estimate of drug-likeness (QED) is 0.179. The number of hydrogen-bond donors (Lipinski definition) is 1. The fourth-order valence-corrected chi connectivity index (χ4v) is 9.53. The molecule has 4 aromatic carbocycles. The summed E-state index contributed by atoms with van der Waals surface area (Å²) in [7, 11) is 4.09. The molecule has 11 heteroatoms. The van der Waals surface area contributed by atoms with Crippen LogP contribution >= 0.6 is 0 Å². The Morgan fingerprint density at radius 3 is 1.42 bits per heavy atom. The first-order valence-electron chi connectivity index (χ1n) is 24.6. The van der Waals surface area contributed by atoms with Crippen molar-refractivity contribution in [3.63, 3.8) is 0 Å². The van der Waals surface area contributed by atoms with Gasteiger partial charge in [0, 0.05) is 92.3 Å². The lowest BCUT2D eigenvalue weighted by Crippen LogP contribution is -2.45. The summed E-state index contributed by atoms with van der Waals surface area (Å²) in [6.45, 7) is 23.4. The largest absolute Gasteiger partial charge is 0.338 e. The summed E-state index contributed by atoms with van der Waals surface area (Å²) in [5.41, 5.74) is 15.9. The first kappa shape index (κ1) is 49.2. The molecule has 0 aliphatic carbocycles. The zero-order chi connectivity index (χ0) is 47.7. The normalized spacial score (nSPS) is 15.9. The van der Waals surface area contributed by atoms with Gasteiger partial charge in [0.05, 0.1) is 33.5 Å². The van der Waals surface area contributed by atoms with Crippen molar-refractivity contribution in [2.24, 2.45) is 25.7 Å². The van der Waals surface area contributed by atoms with Crippen molar-refractivity contribution in [1.29, 1.82) is 0 Å². The highest BCUT2D eigenvalue weighted by Gasteiger charge is 2.25. The molecular weight excluding hydrogens is 819 g/mol. The number of imidazole rings is 2. The Morgan fingerprint density at radius 2 is 1.00 bits per heavy atom. The second kappa shape index (κ2) is 22.3. The molecule has 10 rings (SSSR count). The van der Waals surface area contributed by atoms with Gasteiger partial charge in [-0.15, -0.1) is 0 Å². The third kappa shape index (κ3) is 9.82. The van der Waals surface area contributed by atoms with Crippen molar-refractivity contribution in [3.8, 4) is 23.0 Å². The lowest BCUT2D eigenvalue weighted by atomic mass is 9.99. The van der Waals surface area contributed by atoms with E-state index in [0.717, 1.165) is 103 Å². The molecule has 4 aromatic heterocycles. The van der Waals surface area contributed by atoms with Gasteiger partial charge in [-0.05, 0) is 106 Å². The number of nitrogens with zero attached hydrogens (tertiary/aromatic N) is 8. The lowest BCUT2D eigenvalue weighted by Gasteiger charge is -2.31.